The lowest BCUT2D eigenvalue weighted by atomic mass is 10.3. The number of nitrogens with zero attached hydrogens (tertiary/aromatic N) is 3. The van der Waals surface area contributed by atoms with Gasteiger partial charge in [0.1, 0.15) is 11.4 Å². The first kappa shape index (κ1) is 8.62. The number of rotatable bonds is 2. The standard InChI is InChI=1S/C10H9N3O/c1-14-8-2-3-9(13-6-8)10-7-11-4-5-12-10/h2-7H,1H3. The van der Waals surface area contributed by atoms with Crippen molar-refractivity contribution in [2.24, 2.45) is 0 Å². The van der Waals surface area contributed by atoms with Crippen LogP contribution in [0, 0.1) is 0 Å². The van der Waals surface area contributed by atoms with Crippen LogP contribution >= 0.6 is 0 Å². The largest absolute Gasteiger partial charge is 0.495 e. The lowest BCUT2D eigenvalue weighted by molar-refractivity contribution is 0.413. The van der Waals surface area contributed by atoms with Gasteiger partial charge in [-0.05, 0) is 12.1 Å². The van der Waals surface area contributed by atoms with Crippen LogP contribution in [-0.4, -0.2) is 22.1 Å². The number of aromatic nitrogens is 3. The Bertz CT molecular complexity index is 399. The van der Waals surface area contributed by atoms with Crippen LogP contribution in [0.15, 0.2) is 36.9 Å². The molecule has 0 amide bonds. The summed E-state index contributed by atoms with van der Waals surface area (Å²) in [7, 11) is 1.61. The molecule has 0 N–H and O–H groups in total. The third-order valence-corrected chi connectivity index (χ3v) is 1.80. The molecule has 0 aliphatic carbocycles. The molecule has 0 aromatic carbocycles. The molecule has 2 aromatic heterocycles. The van der Waals surface area contributed by atoms with E-state index in [1.165, 1.54) is 0 Å². The number of pyridine rings is 1. The highest BCUT2D eigenvalue weighted by Gasteiger charge is 1.99. The van der Waals surface area contributed by atoms with E-state index < -0.39 is 0 Å². The van der Waals surface area contributed by atoms with Crippen LogP contribution in [-0.2, 0) is 0 Å². The smallest absolute Gasteiger partial charge is 0.137 e. The van der Waals surface area contributed by atoms with Gasteiger partial charge in [-0.2, -0.15) is 0 Å². The first-order valence-electron chi connectivity index (χ1n) is 4.16. The van der Waals surface area contributed by atoms with Crippen molar-refractivity contribution in [2.45, 2.75) is 0 Å². The summed E-state index contributed by atoms with van der Waals surface area (Å²) in [5.74, 6) is 0.734. The summed E-state index contributed by atoms with van der Waals surface area (Å²) in [4.78, 5) is 12.3. The Hall–Kier alpha value is -1.97. The molecule has 0 atom stereocenters. The third-order valence-electron chi connectivity index (χ3n) is 1.80. The van der Waals surface area contributed by atoms with E-state index in [2.05, 4.69) is 15.0 Å². The fourth-order valence-electron chi connectivity index (χ4n) is 1.08. The van der Waals surface area contributed by atoms with E-state index in [1.54, 1.807) is 31.9 Å². The topological polar surface area (TPSA) is 47.9 Å². The average molecular weight is 187 g/mol. The second-order valence-electron chi connectivity index (χ2n) is 2.67. The molecule has 14 heavy (non-hydrogen) atoms. The first-order valence-corrected chi connectivity index (χ1v) is 4.16. The molecule has 0 radical (unpaired) electrons. The summed E-state index contributed by atoms with van der Waals surface area (Å²) < 4.78 is 5.01. The highest BCUT2D eigenvalue weighted by Crippen LogP contribution is 2.15. The van der Waals surface area contributed by atoms with Gasteiger partial charge in [-0.25, -0.2) is 0 Å². The van der Waals surface area contributed by atoms with Gasteiger partial charge < -0.3 is 4.74 Å². The van der Waals surface area contributed by atoms with Gasteiger partial charge in [0, 0.05) is 12.4 Å². The molecule has 0 aliphatic heterocycles. The lowest BCUT2D eigenvalue weighted by Gasteiger charge is -2.00. The number of hydrogen-bond donors (Lipinski definition) is 0. The highest BCUT2D eigenvalue weighted by atomic mass is 16.5. The van der Waals surface area contributed by atoms with Crippen molar-refractivity contribution in [1.29, 1.82) is 0 Å². The molecular formula is C10H9N3O. The van der Waals surface area contributed by atoms with Crippen LogP contribution in [0.25, 0.3) is 11.4 Å². The van der Waals surface area contributed by atoms with E-state index in [4.69, 9.17) is 4.74 Å². The second-order valence-corrected chi connectivity index (χ2v) is 2.67. The SMILES string of the molecule is COc1ccc(-c2cnccn2)nc1. The van der Waals surface area contributed by atoms with Crippen LogP contribution in [0.3, 0.4) is 0 Å². The zero-order valence-electron chi connectivity index (χ0n) is 7.71. The van der Waals surface area contributed by atoms with Gasteiger partial charge in [-0.1, -0.05) is 0 Å². The van der Waals surface area contributed by atoms with Crippen LogP contribution in [0.1, 0.15) is 0 Å². The zero-order valence-corrected chi connectivity index (χ0v) is 7.71. The van der Waals surface area contributed by atoms with Gasteiger partial charge in [0.05, 0.1) is 25.2 Å². The quantitative estimate of drug-likeness (QED) is 0.715. The summed E-state index contributed by atoms with van der Waals surface area (Å²) in [5, 5.41) is 0. The van der Waals surface area contributed by atoms with E-state index in [-0.39, 0.29) is 0 Å². The normalized spacial score (nSPS) is 9.79. The Kier molecular flexibility index (Phi) is 2.36. The minimum Gasteiger partial charge on any atom is -0.495 e. The third kappa shape index (κ3) is 1.69. The highest BCUT2D eigenvalue weighted by molar-refractivity contribution is 5.52. The second kappa shape index (κ2) is 3.83. The fraction of sp³-hybridized carbons (Fsp3) is 0.100. The Morgan fingerprint density at radius 3 is 2.50 bits per heavy atom. The maximum absolute atomic E-state index is 5.01. The first-order chi connectivity index (χ1) is 6.90. The fourth-order valence-corrected chi connectivity index (χ4v) is 1.08. The van der Waals surface area contributed by atoms with E-state index in [9.17, 15) is 0 Å². The maximum atomic E-state index is 5.01. The molecule has 0 fully saturated rings. The maximum Gasteiger partial charge on any atom is 0.137 e. The number of hydrogen-bond acceptors (Lipinski definition) is 4. The van der Waals surface area contributed by atoms with Gasteiger partial charge in [-0.3, -0.25) is 15.0 Å². The summed E-state index contributed by atoms with van der Waals surface area (Å²) in [6.07, 6.45) is 6.60. The van der Waals surface area contributed by atoms with Crippen LogP contribution in [0.4, 0.5) is 0 Å². The predicted molar refractivity (Wildman–Crippen MR) is 51.8 cm³/mol. The molecular weight excluding hydrogens is 178 g/mol. The van der Waals surface area contributed by atoms with Crippen LogP contribution < -0.4 is 4.74 Å². The summed E-state index contributed by atoms with van der Waals surface area (Å²) in [5.41, 5.74) is 1.55. The van der Waals surface area contributed by atoms with Crippen molar-refractivity contribution in [3.63, 3.8) is 0 Å². The molecule has 0 spiro atoms. The molecule has 2 rings (SSSR count). The average Bonchev–Trinajstić information content (AvgIpc) is 2.30. The number of methoxy groups -OCH3 is 1. The molecule has 4 nitrogen and oxygen atoms in total. The van der Waals surface area contributed by atoms with Crippen molar-refractivity contribution >= 4 is 0 Å². The minimum absolute atomic E-state index is 0.734. The van der Waals surface area contributed by atoms with Crippen LogP contribution in [0.5, 0.6) is 5.75 Å². The monoisotopic (exact) mass is 187 g/mol. The molecule has 0 unspecified atom stereocenters. The summed E-state index contributed by atoms with van der Waals surface area (Å²) >= 11 is 0. The van der Waals surface area contributed by atoms with Crippen molar-refractivity contribution in [3.05, 3.63) is 36.9 Å². The van der Waals surface area contributed by atoms with E-state index in [1.807, 2.05) is 12.1 Å². The minimum atomic E-state index is 0.734. The van der Waals surface area contributed by atoms with Crippen molar-refractivity contribution in [3.8, 4) is 17.1 Å². The number of ether oxygens (including phenoxy) is 1. The molecule has 0 bridgehead atoms. The molecule has 70 valence electrons. The zero-order chi connectivity index (χ0) is 9.80. The summed E-state index contributed by atoms with van der Waals surface area (Å²) in [6, 6.07) is 3.69. The van der Waals surface area contributed by atoms with Gasteiger partial charge in [0.15, 0.2) is 0 Å². The van der Waals surface area contributed by atoms with Gasteiger partial charge >= 0.3 is 0 Å². The summed E-state index contributed by atoms with van der Waals surface area (Å²) in [6.45, 7) is 0. The van der Waals surface area contributed by atoms with E-state index >= 15 is 0 Å². The Labute approximate surface area is 81.6 Å². The molecule has 2 aromatic rings. The Morgan fingerprint density at radius 2 is 1.93 bits per heavy atom. The molecule has 0 saturated carbocycles. The molecule has 2 heterocycles. The lowest BCUT2D eigenvalue weighted by Crippen LogP contribution is -1.89. The van der Waals surface area contributed by atoms with E-state index in [0.29, 0.717) is 0 Å². The van der Waals surface area contributed by atoms with Gasteiger partial charge in [-0.15, -0.1) is 0 Å². The van der Waals surface area contributed by atoms with Gasteiger partial charge in [0.2, 0.25) is 0 Å². The van der Waals surface area contributed by atoms with E-state index in [0.717, 1.165) is 17.1 Å². The molecule has 0 saturated heterocycles. The predicted octanol–water partition coefficient (Wildman–Crippen LogP) is 1.55. The van der Waals surface area contributed by atoms with Crippen molar-refractivity contribution in [1.82, 2.24) is 15.0 Å². The van der Waals surface area contributed by atoms with Crippen molar-refractivity contribution in [2.75, 3.05) is 7.11 Å². The van der Waals surface area contributed by atoms with Crippen LogP contribution in [0.2, 0.25) is 0 Å². The molecule has 0 aliphatic rings. The molecule has 4 heteroatoms. The Balaban J connectivity index is 2.34. The Morgan fingerprint density at radius 1 is 1.00 bits per heavy atom. The van der Waals surface area contributed by atoms with Gasteiger partial charge in [0.25, 0.3) is 0 Å². The van der Waals surface area contributed by atoms with Crippen molar-refractivity contribution < 1.29 is 4.74 Å².